The Bertz CT molecular complexity index is 1350. The minimum Gasteiger partial charge on any atom is -0.325 e. The number of hydrogen-bond acceptors (Lipinski definition) is 10. The molecule has 170 valence electrons. The van der Waals surface area contributed by atoms with Gasteiger partial charge in [-0.25, -0.2) is 8.42 Å². The highest BCUT2D eigenvalue weighted by Crippen LogP contribution is 2.25. The normalized spacial score (nSPS) is 12.3. The van der Waals surface area contributed by atoms with Crippen molar-refractivity contribution < 1.29 is 13.2 Å². The Balaban J connectivity index is 1.39. The third-order valence-corrected chi connectivity index (χ3v) is 7.54. The molecule has 4 aromatic rings. The van der Waals surface area contributed by atoms with Crippen LogP contribution in [0.15, 0.2) is 64.6 Å². The van der Waals surface area contributed by atoms with Gasteiger partial charge in [-0.05, 0) is 60.7 Å². The van der Waals surface area contributed by atoms with Gasteiger partial charge in [0, 0.05) is 5.69 Å². The van der Waals surface area contributed by atoms with E-state index < -0.39 is 15.3 Å². The molecular weight excluding hydrogens is 484 g/mol. The molecule has 0 bridgehead atoms. The van der Waals surface area contributed by atoms with E-state index >= 15 is 0 Å². The minimum atomic E-state index is -3.81. The maximum Gasteiger partial charge on any atom is 0.263 e. The van der Waals surface area contributed by atoms with Crippen molar-refractivity contribution in [2.75, 3.05) is 10.0 Å². The van der Waals surface area contributed by atoms with E-state index in [1.54, 1.807) is 18.5 Å². The van der Waals surface area contributed by atoms with Crippen LogP contribution >= 0.6 is 23.1 Å². The first-order valence-electron chi connectivity index (χ1n) is 9.56. The van der Waals surface area contributed by atoms with Crippen molar-refractivity contribution in [2.24, 2.45) is 0 Å². The summed E-state index contributed by atoms with van der Waals surface area (Å²) < 4.78 is 28.9. The maximum absolute atomic E-state index is 12.7. The second kappa shape index (κ2) is 9.64. The Kier molecular flexibility index (Phi) is 6.67. The summed E-state index contributed by atoms with van der Waals surface area (Å²) in [7, 11) is -3.81. The molecule has 0 spiro atoms. The van der Waals surface area contributed by atoms with Crippen LogP contribution in [0.2, 0.25) is 0 Å². The van der Waals surface area contributed by atoms with Gasteiger partial charge in [-0.15, -0.1) is 15.3 Å². The fraction of sp³-hybridized carbons (Fsp3) is 0.158. The van der Waals surface area contributed by atoms with Crippen LogP contribution in [0.1, 0.15) is 11.9 Å². The molecule has 2 aromatic carbocycles. The Morgan fingerprint density at radius 3 is 2.45 bits per heavy atom. The number of nitrogens with zero attached hydrogens (tertiary/aromatic N) is 6. The summed E-state index contributed by atoms with van der Waals surface area (Å²) in [5, 5.41) is 22.8. The van der Waals surface area contributed by atoms with Gasteiger partial charge in [0.25, 0.3) is 10.0 Å². The summed E-state index contributed by atoms with van der Waals surface area (Å²) in [5.74, 6) is -0.277. The molecule has 0 fully saturated rings. The minimum absolute atomic E-state index is 0.0396. The molecule has 2 N–H and O–H groups in total. The van der Waals surface area contributed by atoms with Gasteiger partial charge in [-0.3, -0.25) is 9.52 Å². The lowest BCUT2D eigenvalue weighted by Crippen LogP contribution is -2.23. The van der Waals surface area contributed by atoms with Crippen molar-refractivity contribution in [2.45, 2.75) is 29.1 Å². The smallest absolute Gasteiger partial charge is 0.263 e. The number of amides is 1. The molecule has 0 aliphatic carbocycles. The van der Waals surface area contributed by atoms with Crippen LogP contribution < -0.4 is 10.0 Å². The van der Waals surface area contributed by atoms with Crippen molar-refractivity contribution in [1.82, 2.24) is 30.4 Å². The third kappa shape index (κ3) is 5.53. The first-order valence-corrected chi connectivity index (χ1v) is 12.7. The van der Waals surface area contributed by atoms with Crippen LogP contribution in [0.3, 0.4) is 0 Å². The maximum atomic E-state index is 12.7. The first-order chi connectivity index (χ1) is 15.8. The lowest BCUT2D eigenvalue weighted by Gasteiger charge is -2.12. The van der Waals surface area contributed by atoms with Crippen LogP contribution in [-0.2, 0) is 14.8 Å². The number of carbonyl (C=O) groups excluding carboxylic acids is 1. The monoisotopic (exact) mass is 502 g/mol. The molecule has 14 heteroatoms. The van der Waals surface area contributed by atoms with Crippen molar-refractivity contribution in [1.29, 1.82) is 0 Å². The number of anilines is 2. The number of carbonyl (C=O) groups is 1. The molecule has 0 aliphatic heterocycles. The van der Waals surface area contributed by atoms with E-state index in [1.807, 2.05) is 30.3 Å². The Morgan fingerprint density at radius 1 is 1.06 bits per heavy atom. The molecule has 1 atom stereocenters. The van der Waals surface area contributed by atoms with Gasteiger partial charge in [0.15, 0.2) is 0 Å². The molecule has 11 nitrogen and oxygen atoms in total. The fourth-order valence-electron chi connectivity index (χ4n) is 2.67. The highest BCUT2D eigenvalue weighted by Gasteiger charge is 2.20. The van der Waals surface area contributed by atoms with Gasteiger partial charge < -0.3 is 5.32 Å². The predicted octanol–water partition coefficient (Wildman–Crippen LogP) is 2.74. The third-order valence-electron chi connectivity index (χ3n) is 4.27. The largest absolute Gasteiger partial charge is 0.325 e. The van der Waals surface area contributed by atoms with Crippen molar-refractivity contribution in [3.63, 3.8) is 0 Å². The molecule has 0 aliphatic rings. The first kappa shape index (κ1) is 22.8. The lowest BCUT2D eigenvalue weighted by atomic mass is 10.3. The van der Waals surface area contributed by atoms with Crippen molar-refractivity contribution >= 4 is 49.8 Å². The van der Waals surface area contributed by atoms with Gasteiger partial charge >= 0.3 is 0 Å². The number of sulfonamides is 1. The van der Waals surface area contributed by atoms with Crippen LogP contribution in [0.5, 0.6) is 0 Å². The number of tetrazole rings is 1. The van der Waals surface area contributed by atoms with Crippen LogP contribution in [0.25, 0.3) is 5.69 Å². The lowest BCUT2D eigenvalue weighted by molar-refractivity contribution is -0.115. The molecule has 2 heterocycles. The molecule has 0 saturated carbocycles. The van der Waals surface area contributed by atoms with Crippen molar-refractivity contribution in [3.8, 4) is 5.69 Å². The summed E-state index contributed by atoms with van der Waals surface area (Å²) >= 11 is 2.34. The highest BCUT2D eigenvalue weighted by atomic mass is 32.2. The molecule has 0 saturated heterocycles. The molecule has 1 unspecified atom stereocenters. The summed E-state index contributed by atoms with van der Waals surface area (Å²) in [4.78, 5) is 12.7. The van der Waals surface area contributed by atoms with Crippen LogP contribution in [0, 0.1) is 6.92 Å². The number of benzene rings is 2. The summed E-state index contributed by atoms with van der Waals surface area (Å²) in [6.07, 6.45) is 0. The average molecular weight is 503 g/mol. The zero-order valence-electron chi connectivity index (χ0n) is 17.4. The number of thioether (sulfide) groups is 1. The summed E-state index contributed by atoms with van der Waals surface area (Å²) in [6, 6.07) is 15.2. The molecule has 2 aromatic heterocycles. The Labute approximate surface area is 197 Å². The molecular formula is C19H18N8O3S3. The fourth-order valence-corrected chi connectivity index (χ4v) is 5.30. The van der Waals surface area contributed by atoms with Gasteiger partial charge in [-0.2, -0.15) is 4.68 Å². The second-order valence-corrected chi connectivity index (χ2v) is 10.9. The number of aryl methyl sites for hydroxylation is 1. The summed E-state index contributed by atoms with van der Waals surface area (Å²) in [6.45, 7) is 3.46. The quantitative estimate of drug-likeness (QED) is 0.347. The number of rotatable bonds is 8. The van der Waals surface area contributed by atoms with Crippen LogP contribution in [0.4, 0.5) is 10.8 Å². The molecule has 0 radical (unpaired) electrons. The zero-order chi connectivity index (χ0) is 23.4. The topological polar surface area (TPSA) is 145 Å². The number of hydrogen-bond donors (Lipinski definition) is 2. The Morgan fingerprint density at radius 2 is 1.79 bits per heavy atom. The summed E-state index contributed by atoms with van der Waals surface area (Å²) in [5.41, 5.74) is 1.24. The van der Waals surface area contributed by atoms with E-state index in [0.29, 0.717) is 15.9 Å². The highest BCUT2D eigenvalue weighted by molar-refractivity contribution is 8.00. The molecule has 1 amide bonds. The standard InChI is InChI=1S/C19H18N8O3S3/c1-12(31-19-23-25-26-27(19)15-6-4-3-5-7-15)17(28)20-14-8-10-16(11-9-14)33(29,30)24-18-22-21-13(2)32-18/h3-12H,1-2H3,(H,20,28)(H,22,24). The molecule has 4 rings (SSSR count). The zero-order valence-corrected chi connectivity index (χ0v) is 19.9. The van der Waals surface area contributed by atoms with Gasteiger partial charge in [-0.1, -0.05) is 41.3 Å². The van der Waals surface area contributed by atoms with Crippen molar-refractivity contribution in [3.05, 3.63) is 59.6 Å². The van der Waals surface area contributed by atoms with Crippen LogP contribution in [-0.4, -0.2) is 50.0 Å². The van der Waals surface area contributed by atoms with E-state index in [0.717, 1.165) is 17.0 Å². The molecule has 33 heavy (non-hydrogen) atoms. The van der Waals surface area contributed by atoms with E-state index in [-0.39, 0.29) is 15.9 Å². The number of nitrogens with one attached hydrogen (secondary N) is 2. The second-order valence-electron chi connectivity index (χ2n) is 6.71. The van der Waals surface area contributed by atoms with Gasteiger partial charge in [0.05, 0.1) is 15.8 Å². The van der Waals surface area contributed by atoms with Gasteiger partial charge in [0.1, 0.15) is 5.01 Å². The predicted molar refractivity (Wildman–Crippen MR) is 125 cm³/mol. The van der Waals surface area contributed by atoms with E-state index in [4.69, 9.17) is 0 Å². The average Bonchev–Trinajstić information content (AvgIpc) is 3.43. The number of aromatic nitrogens is 6. The van der Waals surface area contributed by atoms with E-state index in [2.05, 4.69) is 35.8 Å². The van der Waals surface area contributed by atoms with Gasteiger partial charge in [0.2, 0.25) is 16.2 Å². The SMILES string of the molecule is Cc1nnc(NS(=O)(=O)c2ccc(NC(=O)C(C)Sc3nnnn3-c3ccccc3)cc2)s1. The number of para-hydroxylation sites is 1. The van der Waals surface area contributed by atoms with E-state index in [9.17, 15) is 13.2 Å². The Hall–Kier alpha value is -3.36. The van der Waals surface area contributed by atoms with E-state index in [1.165, 1.54) is 36.0 Å².